The van der Waals surface area contributed by atoms with E-state index in [0.717, 1.165) is 18.4 Å². The van der Waals surface area contributed by atoms with E-state index in [1.807, 2.05) is 0 Å². The summed E-state index contributed by atoms with van der Waals surface area (Å²) in [7, 11) is 1.67. The van der Waals surface area contributed by atoms with E-state index in [4.69, 9.17) is 9.72 Å². The van der Waals surface area contributed by atoms with Crippen LogP contribution in [0, 0.1) is 12.7 Å². The Balaban J connectivity index is 1.75. The molecule has 2 aromatic rings. The van der Waals surface area contributed by atoms with Crippen LogP contribution in [-0.2, 0) is 23.0 Å². The van der Waals surface area contributed by atoms with Crippen LogP contribution in [0.3, 0.4) is 0 Å². The number of rotatable bonds is 9. The molecule has 1 saturated heterocycles. The number of aryl methyl sites for hydroxylation is 1. The predicted molar refractivity (Wildman–Crippen MR) is 138 cm³/mol. The van der Waals surface area contributed by atoms with Gasteiger partial charge in [0.05, 0.1) is 11.9 Å². The van der Waals surface area contributed by atoms with E-state index in [-0.39, 0.29) is 28.6 Å². The SMILES string of the molecule is CCCCC(Sc1nc(C)c(Cc2ccc(F)cc2)c(=O)n1C)C(=O)N1CCN(C(=O)OCC)CC1. The van der Waals surface area contributed by atoms with Crippen molar-refractivity contribution in [3.63, 3.8) is 0 Å². The second-order valence-corrected chi connectivity index (χ2v) is 10.1. The third-order valence-corrected chi connectivity index (χ3v) is 7.60. The second kappa shape index (κ2) is 12.9. The van der Waals surface area contributed by atoms with Crippen molar-refractivity contribution in [1.82, 2.24) is 19.4 Å². The van der Waals surface area contributed by atoms with Crippen LogP contribution >= 0.6 is 11.8 Å². The van der Waals surface area contributed by atoms with Crippen LogP contribution in [0.25, 0.3) is 0 Å². The first-order valence-electron chi connectivity index (χ1n) is 12.4. The molecule has 1 aromatic heterocycles. The van der Waals surface area contributed by atoms with Gasteiger partial charge in [-0.05, 0) is 38.0 Å². The lowest BCUT2D eigenvalue weighted by molar-refractivity contribution is -0.132. The Morgan fingerprint density at radius 2 is 1.75 bits per heavy atom. The maximum Gasteiger partial charge on any atom is 0.409 e. The van der Waals surface area contributed by atoms with E-state index in [2.05, 4.69) is 6.92 Å². The summed E-state index contributed by atoms with van der Waals surface area (Å²) in [5.41, 5.74) is 1.82. The molecule has 0 N–H and O–H groups in total. The minimum Gasteiger partial charge on any atom is -0.450 e. The fraction of sp³-hybridized carbons (Fsp3) is 0.538. The normalized spacial score (nSPS) is 14.6. The molecule has 2 heterocycles. The Morgan fingerprint density at radius 1 is 1.11 bits per heavy atom. The first kappa shape index (κ1) is 27.7. The van der Waals surface area contributed by atoms with Gasteiger partial charge >= 0.3 is 6.09 Å². The highest BCUT2D eigenvalue weighted by atomic mass is 32.2. The number of ether oxygens (including phenoxy) is 1. The van der Waals surface area contributed by atoms with E-state index < -0.39 is 0 Å². The average Bonchev–Trinajstić information content (AvgIpc) is 2.88. The Bertz CT molecular complexity index is 1110. The molecule has 0 bridgehead atoms. The van der Waals surface area contributed by atoms with E-state index in [0.29, 0.717) is 62.0 Å². The van der Waals surface area contributed by atoms with E-state index >= 15 is 0 Å². The van der Waals surface area contributed by atoms with Crippen LogP contribution in [0.5, 0.6) is 0 Å². The number of piperazine rings is 1. The van der Waals surface area contributed by atoms with Gasteiger partial charge in [-0.3, -0.25) is 14.2 Å². The molecular weight excluding hydrogens is 483 g/mol. The molecule has 1 atom stereocenters. The number of hydrogen-bond donors (Lipinski definition) is 0. The molecule has 36 heavy (non-hydrogen) atoms. The highest BCUT2D eigenvalue weighted by Gasteiger charge is 2.31. The number of carbonyl (C=O) groups excluding carboxylic acids is 2. The van der Waals surface area contributed by atoms with Crippen molar-refractivity contribution in [3.8, 4) is 0 Å². The lowest BCUT2D eigenvalue weighted by Gasteiger charge is -2.35. The summed E-state index contributed by atoms with van der Waals surface area (Å²) >= 11 is 1.32. The van der Waals surface area contributed by atoms with Crippen molar-refractivity contribution in [3.05, 3.63) is 57.3 Å². The molecule has 196 valence electrons. The third kappa shape index (κ3) is 6.87. The number of nitrogens with zero attached hydrogens (tertiary/aromatic N) is 4. The molecule has 1 aliphatic rings. The highest BCUT2D eigenvalue weighted by Crippen LogP contribution is 2.27. The third-order valence-electron chi connectivity index (χ3n) is 6.30. The van der Waals surface area contributed by atoms with Gasteiger partial charge in [0, 0.05) is 50.9 Å². The molecule has 0 radical (unpaired) electrons. The molecule has 0 spiro atoms. The van der Waals surface area contributed by atoms with Crippen molar-refractivity contribution < 1.29 is 18.7 Å². The van der Waals surface area contributed by atoms with Gasteiger partial charge in [0.2, 0.25) is 5.91 Å². The number of carbonyl (C=O) groups is 2. The van der Waals surface area contributed by atoms with Gasteiger partial charge in [0.1, 0.15) is 5.82 Å². The molecule has 1 aliphatic heterocycles. The molecule has 0 saturated carbocycles. The molecule has 2 amide bonds. The van der Waals surface area contributed by atoms with Crippen molar-refractivity contribution in [2.45, 2.75) is 56.9 Å². The second-order valence-electron chi connectivity index (χ2n) is 8.89. The maximum atomic E-state index is 13.5. The standard InChI is InChI=1S/C26H35FN4O4S/c1-5-7-8-22(24(33)30-13-15-31(16-14-30)26(34)35-6-2)36-25-28-18(3)21(23(32)29(25)4)17-19-9-11-20(27)12-10-19/h9-12,22H,5-8,13-17H2,1-4H3. The average molecular weight is 519 g/mol. The fourth-order valence-corrected chi connectivity index (χ4v) is 5.34. The number of unbranched alkanes of at least 4 members (excludes halogenated alkanes) is 1. The van der Waals surface area contributed by atoms with Gasteiger partial charge in [-0.25, -0.2) is 14.2 Å². The maximum absolute atomic E-state index is 13.5. The quantitative estimate of drug-likeness (QED) is 0.371. The van der Waals surface area contributed by atoms with Crippen molar-refractivity contribution in [2.75, 3.05) is 32.8 Å². The van der Waals surface area contributed by atoms with Crippen molar-refractivity contribution >= 4 is 23.8 Å². The van der Waals surface area contributed by atoms with Gasteiger partial charge in [0.15, 0.2) is 5.16 Å². The summed E-state index contributed by atoms with van der Waals surface area (Å²) < 4.78 is 19.8. The van der Waals surface area contributed by atoms with Gasteiger partial charge in [-0.15, -0.1) is 0 Å². The topological polar surface area (TPSA) is 84.7 Å². The Hall–Kier alpha value is -2.88. The number of hydrogen-bond acceptors (Lipinski definition) is 6. The van der Waals surface area contributed by atoms with E-state index in [1.54, 1.807) is 42.8 Å². The number of halogens is 1. The Morgan fingerprint density at radius 3 is 2.36 bits per heavy atom. The lowest BCUT2D eigenvalue weighted by Crippen LogP contribution is -2.52. The summed E-state index contributed by atoms with van der Waals surface area (Å²) in [5.74, 6) is -0.322. The first-order valence-corrected chi connectivity index (χ1v) is 13.3. The number of thioether (sulfide) groups is 1. The minimum absolute atomic E-state index is 0.000695. The summed E-state index contributed by atoms with van der Waals surface area (Å²) in [6.45, 7) is 7.72. The number of aromatic nitrogens is 2. The first-order chi connectivity index (χ1) is 17.2. The van der Waals surface area contributed by atoms with Crippen LogP contribution in [0.2, 0.25) is 0 Å². The molecule has 10 heteroatoms. The molecule has 8 nitrogen and oxygen atoms in total. The van der Waals surface area contributed by atoms with Gasteiger partial charge < -0.3 is 14.5 Å². The largest absolute Gasteiger partial charge is 0.450 e. The van der Waals surface area contributed by atoms with Crippen LogP contribution in [-0.4, -0.2) is 69.4 Å². The zero-order chi connectivity index (χ0) is 26.2. The summed E-state index contributed by atoms with van der Waals surface area (Å²) in [5, 5.41) is 0.125. The molecule has 0 aliphatic carbocycles. The van der Waals surface area contributed by atoms with Gasteiger partial charge in [-0.1, -0.05) is 43.7 Å². The van der Waals surface area contributed by atoms with Crippen molar-refractivity contribution in [1.29, 1.82) is 0 Å². The smallest absolute Gasteiger partial charge is 0.409 e. The molecule has 3 rings (SSSR count). The van der Waals surface area contributed by atoms with Crippen molar-refractivity contribution in [2.24, 2.45) is 7.05 Å². The monoisotopic (exact) mass is 518 g/mol. The van der Waals surface area contributed by atoms with Crippen LogP contribution in [0.1, 0.15) is 49.9 Å². The summed E-state index contributed by atoms with van der Waals surface area (Å²) in [6.07, 6.45) is 2.51. The van der Waals surface area contributed by atoms with Crippen LogP contribution < -0.4 is 5.56 Å². The molecule has 1 unspecified atom stereocenters. The molecule has 1 aromatic carbocycles. The summed E-state index contributed by atoms with van der Waals surface area (Å²) in [6, 6.07) is 6.09. The van der Waals surface area contributed by atoms with E-state index in [1.165, 1.54) is 28.5 Å². The van der Waals surface area contributed by atoms with E-state index in [9.17, 15) is 18.8 Å². The van der Waals surface area contributed by atoms with Gasteiger partial charge in [0.25, 0.3) is 5.56 Å². The van der Waals surface area contributed by atoms with Gasteiger partial charge in [-0.2, -0.15) is 0 Å². The summed E-state index contributed by atoms with van der Waals surface area (Å²) in [4.78, 5) is 46.7. The Labute approximate surface area is 215 Å². The Kier molecular flexibility index (Phi) is 9.92. The predicted octanol–water partition coefficient (Wildman–Crippen LogP) is 3.77. The zero-order valence-corrected chi connectivity index (χ0v) is 22.3. The molecule has 1 fully saturated rings. The number of amides is 2. The van der Waals surface area contributed by atoms with Crippen LogP contribution in [0.15, 0.2) is 34.2 Å². The van der Waals surface area contributed by atoms with Crippen LogP contribution in [0.4, 0.5) is 9.18 Å². The highest BCUT2D eigenvalue weighted by molar-refractivity contribution is 8.00. The zero-order valence-electron chi connectivity index (χ0n) is 21.5. The lowest BCUT2D eigenvalue weighted by atomic mass is 10.1. The number of benzene rings is 1. The minimum atomic E-state index is -0.375. The molecular formula is C26H35FN4O4S. The fourth-order valence-electron chi connectivity index (χ4n) is 4.12.